The predicted molar refractivity (Wildman–Crippen MR) is 142 cm³/mol. The van der Waals surface area contributed by atoms with Crippen molar-refractivity contribution < 1.29 is 28.5 Å². The Morgan fingerprint density at radius 3 is 1.75 bits per heavy atom. The van der Waals surface area contributed by atoms with Crippen LogP contribution in [-0.4, -0.2) is 51.6 Å². The molecule has 1 atom stereocenters. The third-order valence-electron chi connectivity index (χ3n) is 5.10. The van der Waals surface area contributed by atoms with E-state index in [1.54, 1.807) is 56.5 Å². The number of nitrogens with two attached hydrogens (primary N) is 2. The van der Waals surface area contributed by atoms with Gasteiger partial charge < -0.3 is 30.4 Å². The second-order valence-corrected chi connectivity index (χ2v) is 7.93. The van der Waals surface area contributed by atoms with Gasteiger partial charge >= 0.3 is 0 Å². The average Bonchev–Trinajstić information content (AvgIpc) is 2.91. The fourth-order valence-corrected chi connectivity index (χ4v) is 3.11. The zero-order chi connectivity index (χ0) is 26.3. The normalized spacial score (nSPS) is 12.0. The summed E-state index contributed by atoms with van der Waals surface area (Å²) in [6.45, 7) is 5.56. The van der Waals surface area contributed by atoms with Gasteiger partial charge in [0.05, 0.1) is 19.6 Å². The molecule has 4 N–H and O–H groups in total. The highest BCUT2D eigenvalue weighted by Gasteiger charge is 2.17. The molecule has 0 aliphatic carbocycles. The number of ketones is 2. The number of benzene rings is 2. The fourth-order valence-electron chi connectivity index (χ4n) is 3.11. The second kappa shape index (κ2) is 15.4. The van der Waals surface area contributed by atoms with Gasteiger partial charge in [0.15, 0.2) is 34.6 Å². The number of hydrogen-bond donors (Lipinski definition) is 2. The summed E-state index contributed by atoms with van der Waals surface area (Å²) in [6.07, 6.45) is 6.96. The number of methoxy groups -OCH3 is 1. The summed E-state index contributed by atoms with van der Waals surface area (Å²) in [4.78, 5) is 25.2. The molecule has 0 saturated heterocycles. The Labute approximate surface area is 212 Å². The van der Waals surface area contributed by atoms with E-state index in [0.717, 1.165) is 17.5 Å². The molecule has 8 heteroatoms. The van der Waals surface area contributed by atoms with E-state index < -0.39 is 5.92 Å². The van der Waals surface area contributed by atoms with Crippen LogP contribution in [-0.2, 0) is 9.59 Å². The number of carbonyl (C=O) groups is 2. The summed E-state index contributed by atoms with van der Waals surface area (Å²) < 4.78 is 22.3. The highest BCUT2D eigenvalue weighted by atomic mass is 16.5. The lowest BCUT2D eigenvalue weighted by molar-refractivity contribution is -0.126. The van der Waals surface area contributed by atoms with Gasteiger partial charge in [-0.15, -0.1) is 0 Å². The molecule has 0 saturated carbocycles. The molecule has 2 aromatic carbocycles. The van der Waals surface area contributed by atoms with Gasteiger partial charge in [-0.25, -0.2) is 0 Å². The minimum atomic E-state index is -0.827. The first-order chi connectivity index (χ1) is 17.4. The number of ether oxygens (including phenoxy) is 4. The topological polar surface area (TPSA) is 123 Å². The van der Waals surface area contributed by atoms with Crippen LogP contribution in [0.3, 0.4) is 0 Å². The molecular weight excluding hydrogens is 460 g/mol. The molecule has 2 aromatic rings. The van der Waals surface area contributed by atoms with Gasteiger partial charge in [0.1, 0.15) is 13.2 Å². The third kappa shape index (κ3) is 8.87. The smallest absolute Gasteiger partial charge is 0.166 e. The Hall–Kier alpha value is -3.62. The fraction of sp³-hybridized carbons (Fsp3) is 0.357. The van der Waals surface area contributed by atoms with Gasteiger partial charge in [-0.2, -0.15) is 0 Å². The van der Waals surface area contributed by atoms with Crippen molar-refractivity contribution in [3.05, 3.63) is 59.7 Å². The first-order valence-electron chi connectivity index (χ1n) is 12.0. The van der Waals surface area contributed by atoms with E-state index in [4.69, 9.17) is 30.4 Å². The lowest BCUT2D eigenvalue weighted by Crippen LogP contribution is -2.17. The summed E-state index contributed by atoms with van der Waals surface area (Å²) >= 11 is 0. The van der Waals surface area contributed by atoms with E-state index in [1.165, 1.54) is 12.2 Å². The molecule has 0 aliphatic heterocycles. The molecular formula is C28H36N2O6. The lowest BCUT2D eigenvalue weighted by Gasteiger charge is -2.12. The van der Waals surface area contributed by atoms with Gasteiger partial charge in [-0.3, -0.25) is 9.59 Å². The SMILES string of the molecule is CCCOc1cc(/C=C/C(=O)C(C)C(=O)/C=C/c2ccc(OCCN)c(OCCN)c2)ccc1OC. The van der Waals surface area contributed by atoms with Crippen molar-refractivity contribution in [2.45, 2.75) is 20.3 Å². The van der Waals surface area contributed by atoms with Crippen molar-refractivity contribution in [1.29, 1.82) is 0 Å². The van der Waals surface area contributed by atoms with Crippen LogP contribution in [0.4, 0.5) is 0 Å². The van der Waals surface area contributed by atoms with Gasteiger partial charge in [0, 0.05) is 13.1 Å². The molecule has 36 heavy (non-hydrogen) atoms. The molecule has 0 aliphatic rings. The zero-order valence-electron chi connectivity index (χ0n) is 21.2. The van der Waals surface area contributed by atoms with Crippen molar-refractivity contribution in [2.75, 3.05) is 40.0 Å². The van der Waals surface area contributed by atoms with E-state index >= 15 is 0 Å². The van der Waals surface area contributed by atoms with Crippen molar-refractivity contribution in [3.8, 4) is 23.0 Å². The molecule has 0 bridgehead atoms. The van der Waals surface area contributed by atoms with E-state index in [1.807, 2.05) is 13.0 Å². The largest absolute Gasteiger partial charge is 0.493 e. The van der Waals surface area contributed by atoms with Crippen LogP contribution in [0.2, 0.25) is 0 Å². The highest BCUT2D eigenvalue weighted by molar-refractivity contribution is 6.13. The van der Waals surface area contributed by atoms with Crippen molar-refractivity contribution in [2.24, 2.45) is 17.4 Å². The monoisotopic (exact) mass is 496 g/mol. The molecule has 0 spiro atoms. The van der Waals surface area contributed by atoms with Crippen LogP contribution in [0, 0.1) is 5.92 Å². The molecule has 0 amide bonds. The van der Waals surface area contributed by atoms with Crippen LogP contribution < -0.4 is 30.4 Å². The maximum absolute atomic E-state index is 12.6. The van der Waals surface area contributed by atoms with Crippen LogP contribution in [0.1, 0.15) is 31.4 Å². The Morgan fingerprint density at radius 2 is 1.25 bits per heavy atom. The molecule has 0 heterocycles. The summed E-state index contributed by atoms with van der Waals surface area (Å²) in [6, 6.07) is 10.7. The maximum Gasteiger partial charge on any atom is 0.166 e. The van der Waals surface area contributed by atoms with E-state index in [-0.39, 0.29) is 11.6 Å². The highest BCUT2D eigenvalue weighted by Crippen LogP contribution is 2.30. The van der Waals surface area contributed by atoms with Crippen molar-refractivity contribution in [1.82, 2.24) is 0 Å². The van der Waals surface area contributed by atoms with Crippen LogP contribution >= 0.6 is 0 Å². The van der Waals surface area contributed by atoms with Crippen molar-refractivity contribution in [3.63, 3.8) is 0 Å². The summed E-state index contributed by atoms with van der Waals surface area (Å²) in [7, 11) is 1.58. The Balaban J connectivity index is 2.07. The average molecular weight is 497 g/mol. The number of hydrogen-bond acceptors (Lipinski definition) is 8. The maximum atomic E-state index is 12.6. The van der Waals surface area contributed by atoms with Crippen molar-refractivity contribution >= 4 is 23.7 Å². The summed E-state index contributed by atoms with van der Waals surface area (Å²) in [5.41, 5.74) is 12.5. The molecule has 2 rings (SSSR count). The number of allylic oxidation sites excluding steroid dienone is 2. The van der Waals surface area contributed by atoms with Gasteiger partial charge in [-0.1, -0.05) is 31.2 Å². The van der Waals surface area contributed by atoms with E-state index in [2.05, 4.69) is 0 Å². The minimum absolute atomic E-state index is 0.297. The van der Waals surface area contributed by atoms with Gasteiger partial charge in [0.2, 0.25) is 0 Å². The van der Waals surface area contributed by atoms with Gasteiger partial charge in [-0.05, 0) is 60.9 Å². The quantitative estimate of drug-likeness (QED) is 0.267. The molecule has 0 radical (unpaired) electrons. The first-order valence-corrected chi connectivity index (χ1v) is 12.0. The number of carbonyl (C=O) groups excluding carboxylic acids is 2. The van der Waals surface area contributed by atoms with E-state index in [9.17, 15) is 9.59 Å². The summed E-state index contributed by atoms with van der Waals surface area (Å²) in [5, 5.41) is 0. The minimum Gasteiger partial charge on any atom is -0.493 e. The van der Waals surface area contributed by atoms with Crippen LogP contribution in [0.25, 0.3) is 12.2 Å². The Kier molecular flexibility index (Phi) is 12.2. The Bertz CT molecular complexity index is 1060. The molecule has 0 aromatic heterocycles. The predicted octanol–water partition coefficient (Wildman–Crippen LogP) is 3.66. The molecule has 1 unspecified atom stereocenters. The second-order valence-electron chi connectivity index (χ2n) is 7.93. The summed E-state index contributed by atoms with van der Waals surface area (Å²) in [5.74, 6) is 0.858. The Morgan fingerprint density at radius 1 is 0.778 bits per heavy atom. The molecule has 8 nitrogen and oxygen atoms in total. The van der Waals surface area contributed by atoms with Crippen LogP contribution in [0.5, 0.6) is 23.0 Å². The molecule has 194 valence electrons. The standard InChI is InChI=1S/C28H36N2O6/c1-4-15-34-27-18-21(7-11-25(27)33-3)5-9-23(31)20(2)24(32)10-6-22-8-12-26(35-16-13-29)28(19-22)36-17-14-30/h5-12,18-20H,4,13-17,29-30H2,1-3H3/b9-5+,10-6+. The molecule has 0 fully saturated rings. The van der Waals surface area contributed by atoms with E-state index in [0.29, 0.717) is 55.9 Å². The third-order valence-corrected chi connectivity index (χ3v) is 5.10. The first kappa shape index (κ1) is 28.6. The van der Waals surface area contributed by atoms with Gasteiger partial charge in [0.25, 0.3) is 0 Å². The zero-order valence-corrected chi connectivity index (χ0v) is 21.2. The number of rotatable bonds is 16. The lowest BCUT2D eigenvalue weighted by atomic mass is 9.99. The van der Waals surface area contributed by atoms with Crippen LogP contribution in [0.15, 0.2) is 48.6 Å².